The fraction of sp³-hybridized carbons (Fsp3) is 0.526. The highest BCUT2D eigenvalue weighted by atomic mass is 16.5. The topological polar surface area (TPSA) is 89.5 Å². The number of fused-ring (bicyclic) bond motifs is 1. The molecule has 2 aliphatic heterocycles. The molecule has 0 saturated carbocycles. The number of hydrogen-bond acceptors (Lipinski definition) is 5. The van der Waals surface area contributed by atoms with Gasteiger partial charge < -0.3 is 14.8 Å². The predicted octanol–water partition coefficient (Wildman–Crippen LogP) is 0.256. The van der Waals surface area contributed by atoms with Crippen LogP contribution in [-0.4, -0.2) is 49.0 Å². The first kappa shape index (κ1) is 18.4. The van der Waals surface area contributed by atoms with Crippen molar-refractivity contribution < 1.29 is 29.2 Å². The van der Waals surface area contributed by atoms with Crippen LogP contribution >= 0.6 is 0 Å². The molecule has 2 N–H and O–H groups in total. The Labute approximate surface area is 152 Å². The van der Waals surface area contributed by atoms with E-state index in [1.807, 2.05) is 36.5 Å². The van der Waals surface area contributed by atoms with Crippen LogP contribution in [0.5, 0.6) is 5.75 Å². The largest absolute Gasteiger partial charge is 0.496 e. The number of benzene rings is 1. The van der Waals surface area contributed by atoms with Gasteiger partial charge in [0.2, 0.25) is 17.4 Å². The Morgan fingerprint density at radius 2 is 1.92 bits per heavy atom. The standard InChI is InChI=1S/C19H24N2O5/c1-5-19(18(24)26-6-2)14-13(16(22)21(3)17(14)23)15(20-19)11-9-7-8-10-12(11)25-4/h7-10,13-15,20H,5-6H2,1-4H3/p+1/t13-,14+,15-,19-/m0/s1. The van der Waals surface area contributed by atoms with Gasteiger partial charge >= 0.3 is 5.97 Å². The Bertz CT molecular complexity index is 749. The molecular formula is C19H25N2O5+. The maximum atomic E-state index is 12.9. The number of likely N-dealkylation sites (tertiary alicyclic amines) is 1. The molecule has 7 nitrogen and oxygen atoms in total. The zero-order valence-electron chi connectivity index (χ0n) is 15.5. The third kappa shape index (κ3) is 2.41. The van der Waals surface area contributed by atoms with Gasteiger partial charge in [-0.05, 0) is 19.1 Å². The van der Waals surface area contributed by atoms with E-state index in [0.717, 1.165) is 10.5 Å². The molecule has 140 valence electrons. The number of para-hydroxylation sites is 1. The zero-order valence-corrected chi connectivity index (χ0v) is 15.5. The third-order valence-corrected chi connectivity index (χ3v) is 5.73. The van der Waals surface area contributed by atoms with Gasteiger partial charge in [0.05, 0.1) is 19.3 Å². The average molecular weight is 361 g/mol. The Balaban J connectivity index is 2.15. The second-order valence-corrected chi connectivity index (χ2v) is 6.79. The molecule has 1 aromatic carbocycles. The van der Waals surface area contributed by atoms with Gasteiger partial charge in [-0.15, -0.1) is 0 Å². The van der Waals surface area contributed by atoms with Crippen molar-refractivity contribution in [3.63, 3.8) is 0 Å². The van der Waals surface area contributed by atoms with E-state index in [-0.39, 0.29) is 24.5 Å². The number of rotatable bonds is 5. The van der Waals surface area contributed by atoms with E-state index in [1.54, 1.807) is 14.0 Å². The van der Waals surface area contributed by atoms with Crippen LogP contribution in [0.3, 0.4) is 0 Å². The van der Waals surface area contributed by atoms with Crippen LogP contribution < -0.4 is 10.1 Å². The van der Waals surface area contributed by atoms with Gasteiger partial charge in [0.15, 0.2) is 0 Å². The van der Waals surface area contributed by atoms with E-state index >= 15 is 0 Å². The number of methoxy groups -OCH3 is 1. The SMILES string of the molecule is CCOC(=O)[C@@]1(CC)[NH2+][C@@H](c2ccccc2OC)[C@H]2C(=O)N(C)C(=O)[C@@H]21. The lowest BCUT2D eigenvalue weighted by molar-refractivity contribution is -0.734. The number of carbonyl (C=O) groups is 3. The summed E-state index contributed by atoms with van der Waals surface area (Å²) in [7, 11) is 3.05. The Hall–Kier alpha value is -2.41. The summed E-state index contributed by atoms with van der Waals surface area (Å²) in [6.45, 7) is 3.81. The van der Waals surface area contributed by atoms with Gasteiger partial charge in [-0.1, -0.05) is 19.1 Å². The first-order valence-electron chi connectivity index (χ1n) is 8.90. The number of nitrogens with two attached hydrogens (primary N) is 1. The summed E-state index contributed by atoms with van der Waals surface area (Å²) in [4.78, 5) is 39.7. The summed E-state index contributed by atoms with van der Waals surface area (Å²) in [6, 6.07) is 7.02. The average Bonchev–Trinajstić information content (AvgIpc) is 3.12. The number of carbonyl (C=O) groups excluding carboxylic acids is 3. The molecule has 2 heterocycles. The summed E-state index contributed by atoms with van der Waals surface area (Å²) in [5.74, 6) is -1.73. The van der Waals surface area contributed by atoms with Crippen molar-refractivity contribution in [1.29, 1.82) is 0 Å². The monoisotopic (exact) mass is 361 g/mol. The van der Waals surface area contributed by atoms with Crippen LogP contribution in [0.2, 0.25) is 0 Å². The number of quaternary nitrogens is 1. The lowest BCUT2D eigenvalue weighted by Crippen LogP contribution is -2.98. The van der Waals surface area contributed by atoms with Gasteiger partial charge in [0, 0.05) is 13.5 Å². The molecule has 0 unspecified atom stereocenters. The third-order valence-electron chi connectivity index (χ3n) is 5.73. The highest BCUT2D eigenvalue weighted by Crippen LogP contribution is 2.46. The molecule has 7 heteroatoms. The fourth-order valence-electron chi connectivity index (χ4n) is 4.43. The molecule has 1 aromatic rings. The second-order valence-electron chi connectivity index (χ2n) is 6.79. The van der Waals surface area contributed by atoms with E-state index in [9.17, 15) is 14.4 Å². The maximum Gasteiger partial charge on any atom is 0.368 e. The first-order chi connectivity index (χ1) is 12.4. The number of amides is 2. The fourth-order valence-corrected chi connectivity index (χ4v) is 4.43. The molecule has 2 aliphatic rings. The van der Waals surface area contributed by atoms with Gasteiger partial charge in [-0.3, -0.25) is 14.5 Å². The van der Waals surface area contributed by atoms with Gasteiger partial charge in [-0.25, -0.2) is 4.79 Å². The van der Waals surface area contributed by atoms with Crippen LogP contribution in [0.15, 0.2) is 24.3 Å². The van der Waals surface area contributed by atoms with Crippen molar-refractivity contribution in [1.82, 2.24) is 4.90 Å². The second kappa shape index (κ2) is 6.72. The summed E-state index contributed by atoms with van der Waals surface area (Å²) in [5, 5.41) is 1.85. The molecule has 0 aromatic heterocycles. The van der Waals surface area contributed by atoms with Gasteiger partial charge in [0.25, 0.3) is 0 Å². The van der Waals surface area contributed by atoms with E-state index < -0.39 is 23.3 Å². The Morgan fingerprint density at radius 1 is 1.23 bits per heavy atom. The summed E-state index contributed by atoms with van der Waals surface area (Å²) in [5.41, 5.74) is -0.301. The van der Waals surface area contributed by atoms with Crippen LogP contribution in [-0.2, 0) is 19.1 Å². The maximum absolute atomic E-state index is 12.9. The molecular weight excluding hydrogens is 336 g/mol. The van der Waals surface area contributed by atoms with Crippen molar-refractivity contribution in [3.8, 4) is 5.75 Å². The smallest absolute Gasteiger partial charge is 0.368 e. The molecule has 0 spiro atoms. The van der Waals surface area contributed by atoms with Crippen LogP contribution in [0.1, 0.15) is 31.9 Å². The number of imide groups is 1. The highest BCUT2D eigenvalue weighted by molar-refractivity contribution is 6.08. The molecule has 0 radical (unpaired) electrons. The molecule has 2 amide bonds. The number of hydrogen-bond donors (Lipinski definition) is 1. The van der Waals surface area contributed by atoms with E-state index in [1.165, 1.54) is 7.05 Å². The van der Waals surface area contributed by atoms with Crippen molar-refractivity contribution >= 4 is 17.8 Å². The highest BCUT2D eigenvalue weighted by Gasteiger charge is 2.71. The van der Waals surface area contributed by atoms with E-state index in [2.05, 4.69) is 0 Å². The van der Waals surface area contributed by atoms with Crippen molar-refractivity contribution in [2.24, 2.45) is 11.8 Å². The normalized spacial score (nSPS) is 30.5. The zero-order chi connectivity index (χ0) is 19.1. The predicted molar refractivity (Wildman–Crippen MR) is 92.1 cm³/mol. The van der Waals surface area contributed by atoms with Gasteiger partial charge in [0.1, 0.15) is 23.6 Å². The van der Waals surface area contributed by atoms with Crippen molar-refractivity contribution in [3.05, 3.63) is 29.8 Å². The van der Waals surface area contributed by atoms with E-state index in [4.69, 9.17) is 9.47 Å². The molecule has 2 saturated heterocycles. The quantitative estimate of drug-likeness (QED) is 0.600. The number of esters is 1. The molecule has 3 rings (SSSR count). The molecule has 0 aliphatic carbocycles. The molecule has 2 fully saturated rings. The van der Waals surface area contributed by atoms with Crippen LogP contribution in [0.25, 0.3) is 0 Å². The lowest BCUT2D eigenvalue weighted by atomic mass is 9.78. The molecule has 0 bridgehead atoms. The van der Waals surface area contributed by atoms with Crippen LogP contribution in [0.4, 0.5) is 0 Å². The van der Waals surface area contributed by atoms with Crippen LogP contribution in [0, 0.1) is 11.8 Å². The lowest BCUT2D eigenvalue weighted by Gasteiger charge is -2.28. The minimum atomic E-state index is -1.11. The van der Waals surface area contributed by atoms with E-state index in [0.29, 0.717) is 12.2 Å². The number of nitrogens with zero attached hydrogens (tertiary/aromatic N) is 1. The minimum absolute atomic E-state index is 0.225. The molecule has 4 atom stereocenters. The Kier molecular flexibility index (Phi) is 4.75. The summed E-state index contributed by atoms with van der Waals surface area (Å²) < 4.78 is 10.8. The summed E-state index contributed by atoms with van der Waals surface area (Å²) in [6.07, 6.45) is 0.394. The molecule has 26 heavy (non-hydrogen) atoms. The summed E-state index contributed by atoms with van der Waals surface area (Å²) >= 11 is 0. The minimum Gasteiger partial charge on any atom is -0.496 e. The van der Waals surface area contributed by atoms with Crippen molar-refractivity contribution in [2.75, 3.05) is 20.8 Å². The Morgan fingerprint density at radius 3 is 2.54 bits per heavy atom. The van der Waals surface area contributed by atoms with Gasteiger partial charge in [-0.2, -0.15) is 0 Å². The number of ether oxygens (including phenoxy) is 2. The first-order valence-corrected chi connectivity index (χ1v) is 8.90. The van der Waals surface area contributed by atoms with Crippen molar-refractivity contribution in [2.45, 2.75) is 31.8 Å².